The Hall–Kier alpha value is -2.21. The summed E-state index contributed by atoms with van der Waals surface area (Å²) in [7, 11) is 0. The standard InChI is InChI=1S/C19H17Cl3N2O3/c1-13(25)23-15-8-5-9-16(12-15)27-18(19(20,21)22)24-17(26)11-10-14-6-3-2-4-7-14/h2-12,18H,1H3,(H,23,25)(H,24,26)/b11-10+. The average molecular weight is 428 g/mol. The highest BCUT2D eigenvalue weighted by molar-refractivity contribution is 6.68. The van der Waals surface area contributed by atoms with Crippen LogP contribution in [0.3, 0.4) is 0 Å². The molecule has 0 bridgehead atoms. The predicted octanol–water partition coefficient (Wildman–Crippen LogP) is 4.55. The van der Waals surface area contributed by atoms with Crippen molar-refractivity contribution in [2.24, 2.45) is 0 Å². The predicted molar refractivity (Wildman–Crippen MR) is 109 cm³/mol. The lowest BCUT2D eigenvalue weighted by Crippen LogP contribution is -2.47. The monoisotopic (exact) mass is 426 g/mol. The van der Waals surface area contributed by atoms with Gasteiger partial charge in [0.25, 0.3) is 0 Å². The van der Waals surface area contributed by atoms with Gasteiger partial charge in [0, 0.05) is 24.8 Å². The van der Waals surface area contributed by atoms with E-state index in [4.69, 9.17) is 39.5 Å². The van der Waals surface area contributed by atoms with Crippen molar-refractivity contribution in [2.75, 3.05) is 5.32 Å². The van der Waals surface area contributed by atoms with Gasteiger partial charge in [-0.1, -0.05) is 71.2 Å². The van der Waals surface area contributed by atoms with Crippen LogP contribution in [0.4, 0.5) is 5.69 Å². The SMILES string of the molecule is CC(=O)Nc1cccc(OC(NC(=O)/C=C/c2ccccc2)C(Cl)(Cl)Cl)c1. The van der Waals surface area contributed by atoms with Gasteiger partial charge in [0.05, 0.1) is 0 Å². The maximum Gasteiger partial charge on any atom is 0.246 e. The second-order valence-electron chi connectivity index (χ2n) is 5.50. The number of carbonyl (C=O) groups is 2. The van der Waals surface area contributed by atoms with Crippen LogP contribution in [0.15, 0.2) is 60.7 Å². The molecule has 2 N–H and O–H groups in total. The molecule has 5 nitrogen and oxygen atoms in total. The summed E-state index contributed by atoms with van der Waals surface area (Å²) in [6, 6.07) is 15.8. The third-order valence-electron chi connectivity index (χ3n) is 3.21. The second-order valence-corrected chi connectivity index (χ2v) is 7.87. The van der Waals surface area contributed by atoms with Crippen molar-refractivity contribution in [3.63, 3.8) is 0 Å². The first-order valence-corrected chi connectivity index (χ1v) is 9.02. The number of alkyl halides is 3. The van der Waals surface area contributed by atoms with E-state index in [0.717, 1.165) is 5.56 Å². The van der Waals surface area contributed by atoms with Crippen LogP contribution in [0, 0.1) is 0 Å². The Morgan fingerprint density at radius 3 is 2.41 bits per heavy atom. The van der Waals surface area contributed by atoms with Crippen molar-refractivity contribution in [1.29, 1.82) is 0 Å². The zero-order chi connectivity index (χ0) is 19.9. The quantitative estimate of drug-likeness (QED) is 0.404. The minimum absolute atomic E-state index is 0.232. The topological polar surface area (TPSA) is 67.4 Å². The molecule has 8 heteroatoms. The molecular weight excluding hydrogens is 411 g/mol. The van der Waals surface area contributed by atoms with Crippen molar-refractivity contribution in [3.05, 3.63) is 66.2 Å². The van der Waals surface area contributed by atoms with E-state index in [1.807, 2.05) is 30.3 Å². The first-order valence-electron chi connectivity index (χ1n) is 7.89. The maximum atomic E-state index is 12.2. The van der Waals surface area contributed by atoms with Gasteiger partial charge in [-0.3, -0.25) is 9.59 Å². The van der Waals surface area contributed by atoms with E-state index in [-0.39, 0.29) is 5.91 Å². The summed E-state index contributed by atoms with van der Waals surface area (Å²) in [5.41, 5.74) is 1.36. The summed E-state index contributed by atoms with van der Waals surface area (Å²) in [6.45, 7) is 1.39. The van der Waals surface area contributed by atoms with E-state index in [2.05, 4.69) is 10.6 Å². The van der Waals surface area contributed by atoms with Gasteiger partial charge < -0.3 is 15.4 Å². The van der Waals surface area contributed by atoms with Crippen LogP contribution in [0.1, 0.15) is 12.5 Å². The lowest BCUT2D eigenvalue weighted by molar-refractivity contribution is -0.118. The van der Waals surface area contributed by atoms with Crippen LogP contribution in [0.2, 0.25) is 0 Å². The van der Waals surface area contributed by atoms with Crippen molar-refractivity contribution in [1.82, 2.24) is 5.32 Å². The number of benzene rings is 2. The van der Waals surface area contributed by atoms with Crippen LogP contribution >= 0.6 is 34.8 Å². The zero-order valence-electron chi connectivity index (χ0n) is 14.3. The van der Waals surface area contributed by atoms with E-state index in [1.165, 1.54) is 13.0 Å². The molecule has 0 heterocycles. The fourth-order valence-electron chi connectivity index (χ4n) is 2.08. The van der Waals surface area contributed by atoms with Gasteiger partial charge >= 0.3 is 0 Å². The van der Waals surface area contributed by atoms with E-state index in [0.29, 0.717) is 11.4 Å². The molecule has 1 atom stereocenters. The molecule has 1 unspecified atom stereocenters. The van der Waals surface area contributed by atoms with Crippen LogP contribution in [-0.4, -0.2) is 21.8 Å². The number of carbonyl (C=O) groups excluding carboxylic acids is 2. The Kier molecular flexibility index (Phi) is 7.54. The molecule has 2 rings (SSSR count). The van der Waals surface area contributed by atoms with E-state index >= 15 is 0 Å². The van der Waals surface area contributed by atoms with Gasteiger partial charge in [-0.15, -0.1) is 0 Å². The minimum Gasteiger partial charge on any atom is -0.466 e. The molecule has 142 valence electrons. The summed E-state index contributed by atoms with van der Waals surface area (Å²) in [5, 5.41) is 5.12. The number of amides is 2. The number of rotatable bonds is 6. The highest BCUT2D eigenvalue weighted by Crippen LogP contribution is 2.32. The number of hydrogen-bond acceptors (Lipinski definition) is 3. The Bertz CT molecular complexity index is 820. The third kappa shape index (κ3) is 7.51. The first kappa shape index (κ1) is 21.1. The molecule has 27 heavy (non-hydrogen) atoms. The first-order chi connectivity index (χ1) is 12.7. The molecule has 2 aromatic rings. The second kappa shape index (κ2) is 9.65. The summed E-state index contributed by atoms with van der Waals surface area (Å²) in [5.74, 6) is -0.414. The molecule has 0 saturated heterocycles. The summed E-state index contributed by atoms with van der Waals surface area (Å²) >= 11 is 17.8. The van der Waals surface area contributed by atoms with Gasteiger partial charge in [0.15, 0.2) is 0 Å². The van der Waals surface area contributed by atoms with E-state index in [9.17, 15) is 9.59 Å². The fraction of sp³-hybridized carbons (Fsp3) is 0.158. The Morgan fingerprint density at radius 1 is 1.07 bits per heavy atom. The van der Waals surface area contributed by atoms with Gasteiger partial charge in [-0.05, 0) is 23.8 Å². The molecule has 0 fully saturated rings. The normalized spacial score (nSPS) is 12.4. The van der Waals surface area contributed by atoms with Crippen molar-refractivity contribution in [3.8, 4) is 5.75 Å². The molecule has 2 aromatic carbocycles. The van der Waals surface area contributed by atoms with Gasteiger partial charge in [0.1, 0.15) is 5.75 Å². The summed E-state index contributed by atoms with van der Waals surface area (Å²) in [6.07, 6.45) is 1.70. The van der Waals surface area contributed by atoms with Crippen molar-refractivity contribution in [2.45, 2.75) is 16.9 Å². The van der Waals surface area contributed by atoms with Crippen molar-refractivity contribution < 1.29 is 14.3 Å². The summed E-state index contributed by atoms with van der Waals surface area (Å²) in [4.78, 5) is 23.3. The largest absolute Gasteiger partial charge is 0.466 e. The molecule has 2 amide bonds. The molecule has 0 saturated carbocycles. The summed E-state index contributed by atoms with van der Waals surface area (Å²) < 4.78 is 3.69. The number of hydrogen-bond donors (Lipinski definition) is 2. The van der Waals surface area contributed by atoms with Crippen LogP contribution < -0.4 is 15.4 Å². The number of ether oxygens (including phenoxy) is 1. The van der Waals surface area contributed by atoms with Crippen LogP contribution in [0.5, 0.6) is 5.75 Å². The van der Waals surface area contributed by atoms with E-state index in [1.54, 1.807) is 30.3 Å². The minimum atomic E-state index is -1.92. The van der Waals surface area contributed by atoms with Crippen LogP contribution in [0.25, 0.3) is 6.08 Å². The molecule has 0 aliphatic carbocycles. The van der Waals surface area contributed by atoms with E-state index < -0.39 is 15.9 Å². The zero-order valence-corrected chi connectivity index (χ0v) is 16.6. The number of anilines is 1. The van der Waals surface area contributed by atoms with Crippen LogP contribution in [-0.2, 0) is 9.59 Å². The molecule has 0 radical (unpaired) electrons. The lowest BCUT2D eigenvalue weighted by Gasteiger charge is -2.26. The molecule has 0 aliphatic heterocycles. The Labute approximate surface area is 172 Å². The molecular formula is C19H17Cl3N2O3. The third-order valence-corrected chi connectivity index (χ3v) is 3.80. The molecule has 0 spiro atoms. The maximum absolute atomic E-state index is 12.2. The van der Waals surface area contributed by atoms with Gasteiger partial charge in [-0.25, -0.2) is 0 Å². The average Bonchev–Trinajstić information content (AvgIpc) is 2.59. The number of nitrogens with one attached hydrogen (secondary N) is 2. The lowest BCUT2D eigenvalue weighted by atomic mass is 10.2. The Morgan fingerprint density at radius 2 is 1.78 bits per heavy atom. The van der Waals surface area contributed by atoms with Gasteiger partial charge in [-0.2, -0.15) is 0 Å². The highest BCUT2D eigenvalue weighted by atomic mass is 35.6. The fourth-order valence-corrected chi connectivity index (χ4v) is 2.38. The number of halogens is 3. The molecule has 0 aliphatic rings. The highest BCUT2D eigenvalue weighted by Gasteiger charge is 2.36. The van der Waals surface area contributed by atoms with Gasteiger partial charge in [0.2, 0.25) is 21.8 Å². The smallest absolute Gasteiger partial charge is 0.246 e. The Balaban J connectivity index is 2.08. The van der Waals surface area contributed by atoms with Crippen molar-refractivity contribution >= 4 is 58.4 Å². The molecule has 0 aromatic heterocycles.